The lowest BCUT2D eigenvalue weighted by Gasteiger charge is -2.04. The number of aryl methyl sites for hydroxylation is 2. The summed E-state index contributed by atoms with van der Waals surface area (Å²) in [5.41, 5.74) is 1.42. The Hall–Kier alpha value is -3.36. The van der Waals surface area contributed by atoms with Crippen molar-refractivity contribution >= 4 is 52.7 Å². The summed E-state index contributed by atoms with van der Waals surface area (Å²) in [5, 5.41) is 31.2. The van der Waals surface area contributed by atoms with Crippen LogP contribution in [-0.4, -0.2) is 26.0 Å². The first-order chi connectivity index (χ1) is 15.3. The van der Waals surface area contributed by atoms with Crippen LogP contribution in [0.15, 0.2) is 51.4 Å². The molecular formula is C22H20Cl2N4O4. The first kappa shape index (κ1) is 23.3. The molecule has 0 spiro atoms. The highest BCUT2D eigenvalue weighted by atomic mass is 35.5. The van der Waals surface area contributed by atoms with E-state index in [1.807, 2.05) is 0 Å². The third-order valence-corrected chi connectivity index (χ3v) is 5.27. The maximum atomic E-state index is 12.5. The number of nitrogens with zero attached hydrogens (tertiary/aromatic N) is 3. The molecule has 2 aromatic carbocycles. The molecule has 0 aliphatic rings. The molecule has 0 amide bonds. The van der Waals surface area contributed by atoms with Crippen LogP contribution >= 0.6 is 23.2 Å². The highest BCUT2D eigenvalue weighted by molar-refractivity contribution is 6.37. The summed E-state index contributed by atoms with van der Waals surface area (Å²) in [7, 11) is 0. The molecule has 166 valence electrons. The third kappa shape index (κ3) is 5.46. The topological polar surface area (TPSA) is 120 Å². The molecule has 0 fully saturated rings. The second-order valence-electron chi connectivity index (χ2n) is 6.92. The number of benzene rings is 2. The molecule has 3 N–H and O–H groups in total. The minimum Gasteiger partial charge on any atom is -0.505 e. The van der Waals surface area contributed by atoms with Crippen molar-refractivity contribution in [3.8, 4) is 5.75 Å². The van der Waals surface area contributed by atoms with Crippen LogP contribution in [0.4, 0.5) is 11.4 Å². The maximum absolute atomic E-state index is 12.5. The lowest BCUT2D eigenvalue weighted by atomic mass is 10.1. The fourth-order valence-electron chi connectivity index (χ4n) is 2.97. The number of aromatic hydroxyl groups is 1. The maximum Gasteiger partial charge on any atom is 0.303 e. The van der Waals surface area contributed by atoms with E-state index in [2.05, 4.69) is 15.3 Å². The number of carbonyl (C=O) groups is 1. The van der Waals surface area contributed by atoms with Crippen molar-refractivity contribution < 1.29 is 15.0 Å². The molecule has 3 rings (SSSR count). The molecule has 0 saturated heterocycles. The van der Waals surface area contributed by atoms with E-state index in [0.29, 0.717) is 33.3 Å². The van der Waals surface area contributed by atoms with Gasteiger partial charge in [0.25, 0.3) is 5.56 Å². The molecule has 1 heterocycles. The number of para-hydroxylation sites is 1. The number of rotatable bonds is 8. The number of hydrogen-bond acceptors (Lipinski definition) is 5. The Labute approximate surface area is 193 Å². The summed E-state index contributed by atoms with van der Waals surface area (Å²) in [6.07, 6.45) is 3.59. The normalized spacial score (nSPS) is 11.6. The smallest absolute Gasteiger partial charge is 0.303 e. The van der Waals surface area contributed by atoms with Gasteiger partial charge < -0.3 is 10.2 Å². The van der Waals surface area contributed by atoms with Crippen LogP contribution in [0.1, 0.15) is 29.7 Å². The predicted octanol–water partition coefficient (Wildman–Crippen LogP) is 5.95. The van der Waals surface area contributed by atoms with Crippen molar-refractivity contribution in [2.24, 2.45) is 10.2 Å². The summed E-state index contributed by atoms with van der Waals surface area (Å²) >= 11 is 12.3. The van der Waals surface area contributed by atoms with Gasteiger partial charge in [0.1, 0.15) is 11.4 Å². The largest absolute Gasteiger partial charge is 0.505 e. The van der Waals surface area contributed by atoms with Crippen molar-refractivity contribution in [3.63, 3.8) is 0 Å². The van der Waals surface area contributed by atoms with Crippen LogP contribution in [0.5, 0.6) is 5.75 Å². The number of aromatic amines is 1. The van der Waals surface area contributed by atoms with Gasteiger partial charge in [-0.2, -0.15) is 0 Å². The molecule has 8 nitrogen and oxygen atoms in total. The number of H-pyrrole nitrogens is 1. The number of aromatic nitrogens is 2. The Morgan fingerprint density at radius 2 is 1.81 bits per heavy atom. The number of hydrogen-bond donors (Lipinski definition) is 3. The van der Waals surface area contributed by atoms with Crippen LogP contribution in [0.2, 0.25) is 10.0 Å². The zero-order valence-corrected chi connectivity index (χ0v) is 18.6. The average Bonchev–Trinajstić information content (AvgIpc) is 3.00. The number of phenolic OH excluding ortho intramolecular Hbond substituents is 1. The van der Waals surface area contributed by atoms with Gasteiger partial charge in [-0.1, -0.05) is 53.6 Å². The van der Waals surface area contributed by atoms with Gasteiger partial charge in [0, 0.05) is 34.1 Å². The number of carboxylic acid groups (broad SMARTS) is 1. The number of halogens is 2. The van der Waals surface area contributed by atoms with Gasteiger partial charge in [-0.25, -0.2) is 0 Å². The molecule has 0 unspecified atom stereocenters. The van der Waals surface area contributed by atoms with Gasteiger partial charge in [0.15, 0.2) is 5.69 Å². The highest BCUT2D eigenvalue weighted by Gasteiger charge is 2.12. The first-order valence-corrected chi connectivity index (χ1v) is 10.4. The van der Waals surface area contributed by atoms with Gasteiger partial charge in [-0.3, -0.25) is 19.4 Å². The van der Waals surface area contributed by atoms with Crippen LogP contribution in [0.25, 0.3) is 12.2 Å². The Morgan fingerprint density at radius 3 is 2.50 bits per heavy atom. The molecule has 10 heteroatoms. The zero-order valence-electron chi connectivity index (χ0n) is 17.0. The first-order valence-electron chi connectivity index (χ1n) is 9.65. The summed E-state index contributed by atoms with van der Waals surface area (Å²) in [6, 6.07) is 10.1. The van der Waals surface area contributed by atoms with Crippen molar-refractivity contribution in [2.45, 2.75) is 26.3 Å². The second kappa shape index (κ2) is 10.3. The molecule has 32 heavy (non-hydrogen) atoms. The van der Waals surface area contributed by atoms with E-state index in [1.165, 1.54) is 4.68 Å². The molecule has 0 aliphatic carbocycles. The van der Waals surface area contributed by atoms with Gasteiger partial charge in [-0.05, 0) is 31.5 Å². The van der Waals surface area contributed by atoms with E-state index in [1.54, 1.807) is 55.5 Å². The van der Waals surface area contributed by atoms with Crippen molar-refractivity contribution in [3.05, 3.63) is 73.6 Å². The van der Waals surface area contributed by atoms with E-state index >= 15 is 0 Å². The van der Waals surface area contributed by atoms with Crippen LogP contribution in [0.3, 0.4) is 0 Å². The van der Waals surface area contributed by atoms with E-state index in [-0.39, 0.29) is 30.1 Å². The van der Waals surface area contributed by atoms with Crippen molar-refractivity contribution in [2.75, 3.05) is 0 Å². The monoisotopic (exact) mass is 474 g/mol. The molecule has 0 aliphatic heterocycles. The molecule has 1 aromatic heterocycles. The fraction of sp³-hybridized carbons (Fsp3) is 0.182. The average molecular weight is 475 g/mol. The van der Waals surface area contributed by atoms with Crippen LogP contribution in [-0.2, 0) is 11.3 Å². The Bertz CT molecular complexity index is 1240. The highest BCUT2D eigenvalue weighted by Crippen LogP contribution is 2.33. The van der Waals surface area contributed by atoms with Crippen molar-refractivity contribution in [1.82, 2.24) is 9.78 Å². The SMILES string of the molecule is Cc1[nH]n(CCCC(=O)O)c(=O)c1N=Nc1cccc(/C=C/c2c(Cl)cccc2Cl)c1O. The summed E-state index contributed by atoms with van der Waals surface area (Å²) in [4.78, 5) is 23.1. The molecule has 3 aromatic rings. The standard InChI is InChI=1S/C22H20Cl2N4O4/c1-13-20(22(32)28(27-13)12-4-9-19(29)30)26-25-18-8-2-5-14(21(18)31)10-11-15-16(23)6-3-7-17(15)24/h2-3,5-8,10-11,27,31H,4,9,12H2,1H3,(H,29,30)/b11-10+,26-25?. The van der Waals surface area contributed by atoms with Crippen LogP contribution in [0, 0.1) is 6.92 Å². The predicted molar refractivity (Wildman–Crippen MR) is 124 cm³/mol. The number of phenols is 1. The van der Waals surface area contributed by atoms with E-state index in [0.717, 1.165) is 0 Å². The number of aliphatic carboxylic acids is 1. The lowest BCUT2D eigenvalue weighted by Crippen LogP contribution is -2.17. The van der Waals surface area contributed by atoms with E-state index in [4.69, 9.17) is 28.3 Å². The Kier molecular flexibility index (Phi) is 7.50. The van der Waals surface area contributed by atoms with Gasteiger partial charge in [0.05, 0.1) is 5.69 Å². The second-order valence-corrected chi connectivity index (χ2v) is 7.74. The summed E-state index contributed by atoms with van der Waals surface area (Å²) < 4.78 is 1.29. The minimum atomic E-state index is -0.928. The summed E-state index contributed by atoms with van der Waals surface area (Å²) in [5.74, 6) is -1.05. The third-order valence-electron chi connectivity index (χ3n) is 4.61. The van der Waals surface area contributed by atoms with Gasteiger partial charge in [-0.15, -0.1) is 10.2 Å². The van der Waals surface area contributed by atoms with Gasteiger partial charge in [0.2, 0.25) is 0 Å². The van der Waals surface area contributed by atoms with E-state index in [9.17, 15) is 14.7 Å². The molecule has 0 atom stereocenters. The van der Waals surface area contributed by atoms with Crippen molar-refractivity contribution in [1.29, 1.82) is 0 Å². The molecule has 0 bridgehead atoms. The van der Waals surface area contributed by atoms with E-state index < -0.39 is 11.5 Å². The molecule has 0 radical (unpaired) electrons. The Balaban J connectivity index is 1.83. The number of nitrogens with one attached hydrogen (secondary N) is 1. The van der Waals surface area contributed by atoms with Crippen LogP contribution < -0.4 is 5.56 Å². The lowest BCUT2D eigenvalue weighted by molar-refractivity contribution is -0.137. The quantitative estimate of drug-likeness (QED) is 0.276. The molecular weight excluding hydrogens is 455 g/mol. The Morgan fingerprint density at radius 1 is 1.12 bits per heavy atom. The zero-order chi connectivity index (χ0) is 23.3. The number of carboxylic acids is 1. The number of azo groups is 1. The molecule has 0 saturated carbocycles. The summed E-state index contributed by atoms with van der Waals surface area (Å²) in [6.45, 7) is 1.88. The van der Waals surface area contributed by atoms with Gasteiger partial charge >= 0.3 is 5.97 Å². The fourth-order valence-corrected chi connectivity index (χ4v) is 3.49. The minimum absolute atomic E-state index is 0.0467.